The minimum absolute atomic E-state index is 0.533. The van der Waals surface area contributed by atoms with E-state index in [0.29, 0.717) is 11.8 Å². The van der Waals surface area contributed by atoms with Crippen molar-refractivity contribution >= 4 is 0 Å². The molecule has 0 spiro atoms. The molecule has 0 aliphatic heterocycles. The molecule has 0 radical (unpaired) electrons. The van der Waals surface area contributed by atoms with Gasteiger partial charge in [-0.2, -0.15) is 0 Å². The molecule has 0 saturated carbocycles. The van der Waals surface area contributed by atoms with Crippen LogP contribution in [0.25, 0.3) is 11.1 Å². The van der Waals surface area contributed by atoms with Crippen LogP contribution in [-0.2, 0) is 6.42 Å². The minimum atomic E-state index is 0.533. The van der Waals surface area contributed by atoms with E-state index >= 15 is 0 Å². The molecule has 0 N–H and O–H groups in total. The molecular weight excluding hydrogens is 348 g/mol. The summed E-state index contributed by atoms with van der Waals surface area (Å²) in [6, 6.07) is 27.1. The Morgan fingerprint density at radius 1 is 0.724 bits per heavy atom. The molecule has 1 aliphatic rings. The highest BCUT2D eigenvalue weighted by Crippen LogP contribution is 2.36. The van der Waals surface area contributed by atoms with E-state index in [9.17, 15) is 0 Å². The number of allylic oxidation sites excluding steroid dienone is 3. The lowest BCUT2D eigenvalue weighted by Crippen LogP contribution is -2.06. The van der Waals surface area contributed by atoms with Gasteiger partial charge in [0.25, 0.3) is 0 Å². The smallest absolute Gasteiger partial charge is 0.00185 e. The van der Waals surface area contributed by atoms with Gasteiger partial charge in [0.15, 0.2) is 0 Å². The molecule has 0 saturated heterocycles. The maximum absolute atomic E-state index is 3.81. The SMILES string of the molecule is C=CCCc1ccc(C2C=CC(c3ccc(-c4ccc(C)cc4)cc3)CC2)cc1. The Morgan fingerprint density at radius 3 is 1.69 bits per heavy atom. The Kier molecular flexibility index (Phi) is 6.10. The van der Waals surface area contributed by atoms with Gasteiger partial charge in [-0.05, 0) is 60.4 Å². The van der Waals surface area contributed by atoms with Crippen LogP contribution in [-0.4, -0.2) is 0 Å². The van der Waals surface area contributed by atoms with Crippen molar-refractivity contribution in [2.45, 2.75) is 44.4 Å². The van der Waals surface area contributed by atoms with Gasteiger partial charge in [0.05, 0.1) is 0 Å². The maximum Gasteiger partial charge on any atom is 0.00185 e. The molecule has 0 bridgehead atoms. The number of rotatable bonds is 6. The predicted molar refractivity (Wildman–Crippen MR) is 125 cm³/mol. The lowest BCUT2D eigenvalue weighted by atomic mass is 9.81. The molecule has 1 aliphatic carbocycles. The minimum Gasteiger partial charge on any atom is -0.103 e. The van der Waals surface area contributed by atoms with Gasteiger partial charge in [0, 0.05) is 11.8 Å². The summed E-state index contributed by atoms with van der Waals surface area (Å²) in [6.45, 7) is 5.94. The van der Waals surface area contributed by atoms with Crippen LogP contribution in [0.2, 0.25) is 0 Å². The normalized spacial score (nSPS) is 18.5. The average molecular weight is 379 g/mol. The van der Waals surface area contributed by atoms with Crippen molar-refractivity contribution in [1.29, 1.82) is 0 Å². The molecule has 0 nitrogen and oxygen atoms in total. The van der Waals surface area contributed by atoms with E-state index in [1.165, 1.54) is 46.2 Å². The van der Waals surface area contributed by atoms with Crippen LogP contribution in [0.1, 0.15) is 53.4 Å². The average Bonchev–Trinajstić information content (AvgIpc) is 2.79. The van der Waals surface area contributed by atoms with Crippen molar-refractivity contribution in [2.75, 3.05) is 0 Å². The number of benzene rings is 3. The fourth-order valence-electron chi connectivity index (χ4n) is 4.24. The van der Waals surface area contributed by atoms with E-state index < -0.39 is 0 Å². The fourth-order valence-corrected chi connectivity index (χ4v) is 4.24. The summed E-state index contributed by atoms with van der Waals surface area (Å²) in [7, 11) is 0. The largest absolute Gasteiger partial charge is 0.103 e. The lowest BCUT2D eigenvalue weighted by Gasteiger charge is -2.24. The Labute approximate surface area is 175 Å². The van der Waals surface area contributed by atoms with Gasteiger partial charge in [0.2, 0.25) is 0 Å². The van der Waals surface area contributed by atoms with E-state index in [2.05, 4.69) is 98.5 Å². The van der Waals surface area contributed by atoms with Crippen LogP contribution in [0.15, 0.2) is 97.6 Å². The summed E-state index contributed by atoms with van der Waals surface area (Å²) in [6.07, 6.45) is 11.4. The molecule has 0 fully saturated rings. The lowest BCUT2D eigenvalue weighted by molar-refractivity contribution is 0.600. The molecule has 4 rings (SSSR count). The Hall–Kier alpha value is -2.86. The summed E-state index contributed by atoms with van der Waals surface area (Å²) in [5.74, 6) is 1.08. The first-order valence-electron chi connectivity index (χ1n) is 10.8. The third kappa shape index (κ3) is 4.77. The Morgan fingerprint density at radius 2 is 1.21 bits per heavy atom. The van der Waals surface area contributed by atoms with Crippen LogP contribution in [0.4, 0.5) is 0 Å². The van der Waals surface area contributed by atoms with Gasteiger partial charge in [-0.25, -0.2) is 0 Å². The van der Waals surface area contributed by atoms with Crippen molar-refractivity contribution in [3.8, 4) is 11.1 Å². The van der Waals surface area contributed by atoms with Crippen LogP contribution in [0.3, 0.4) is 0 Å². The molecule has 0 heterocycles. The van der Waals surface area contributed by atoms with E-state index in [-0.39, 0.29) is 0 Å². The number of hydrogen-bond donors (Lipinski definition) is 0. The zero-order valence-electron chi connectivity index (χ0n) is 17.4. The molecule has 0 aromatic heterocycles. The van der Waals surface area contributed by atoms with Crippen LogP contribution < -0.4 is 0 Å². The van der Waals surface area contributed by atoms with Crippen molar-refractivity contribution < 1.29 is 0 Å². The number of hydrogen-bond acceptors (Lipinski definition) is 0. The van der Waals surface area contributed by atoms with E-state index in [1.54, 1.807) is 0 Å². The second-order valence-corrected chi connectivity index (χ2v) is 8.23. The number of aryl methyl sites for hydroxylation is 2. The molecule has 3 aromatic carbocycles. The van der Waals surface area contributed by atoms with Crippen LogP contribution in [0.5, 0.6) is 0 Å². The second kappa shape index (κ2) is 9.09. The molecule has 29 heavy (non-hydrogen) atoms. The zero-order valence-corrected chi connectivity index (χ0v) is 17.4. The molecular formula is C29H30. The van der Waals surface area contributed by atoms with Gasteiger partial charge < -0.3 is 0 Å². The maximum atomic E-state index is 3.81. The van der Waals surface area contributed by atoms with Gasteiger partial charge in [-0.15, -0.1) is 6.58 Å². The molecule has 0 amide bonds. The highest BCUT2D eigenvalue weighted by Gasteiger charge is 2.18. The van der Waals surface area contributed by atoms with Crippen LogP contribution in [0, 0.1) is 6.92 Å². The summed E-state index contributed by atoms with van der Waals surface area (Å²) in [5, 5.41) is 0. The van der Waals surface area contributed by atoms with E-state index in [0.717, 1.165) is 12.8 Å². The quantitative estimate of drug-likeness (QED) is 0.381. The Balaban J connectivity index is 1.41. The molecule has 146 valence electrons. The first-order chi connectivity index (χ1) is 14.2. The Bertz CT molecular complexity index is 956. The standard InChI is InChI=1S/C29H30/c1-3-4-5-23-8-12-25(13-9-23)27-16-20-29(21-17-27)28-18-14-26(15-19-28)24-10-6-22(2)7-11-24/h3,6-16,18-20,27,29H,1,4-5,17,21H2,2H3. The van der Waals surface area contributed by atoms with Gasteiger partial charge in [0.1, 0.15) is 0 Å². The molecule has 0 heteroatoms. The summed E-state index contributed by atoms with van der Waals surface area (Å²) < 4.78 is 0. The predicted octanol–water partition coefficient (Wildman–Crippen LogP) is 8.00. The first-order valence-corrected chi connectivity index (χ1v) is 10.8. The molecule has 2 unspecified atom stereocenters. The van der Waals surface area contributed by atoms with Gasteiger partial charge in [-0.3, -0.25) is 0 Å². The van der Waals surface area contributed by atoms with Gasteiger partial charge >= 0.3 is 0 Å². The molecule has 2 atom stereocenters. The zero-order chi connectivity index (χ0) is 20.1. The van der Waals surface area contributed by atoms with Gasteiger partial charge in [-0.1, -0.05) is 96.6 Å². The summed E-state index contributed by atoms with van der Waals surface area (Å²) in [5.41, 5.74) is 8.16. The van der Waals surface area contributed by atoms with Crippen LogP contribution >= 0.6 is 0 Å². The topological polar surface area (TPSA) is 0 Å². The summed E-state index contributed by atoms with van der Waals surface area (Å²) in [4.78, 5) is 0. The van der Waals surface area contributed by atoms with E-state index in [1.807, 2.05) is 6.08 Å². The third-order valence-electron chi connectivity index (χ3n) is 6.13. The monoisotopic (exact) mass is 378 g/mol. The third-order valence-corrected chi connectivity index (χ3v) is 6.13. The summed E-state index contributed by atoms with van der Waals surface area (Å²) >= 11 is 0. The van der Waals surface area contributed by atoms with Crippen molar-refractivity contribution in [3.05, 3.63) is 120 Å². The fraction of sp³-hybridized carbons (Fsp3) is 0.241. The first kappa shape index (κ1) is 19.5. The van der Waals surface area contributed by atoms with Crippen molar-refractivity contribution in [1.82, 2.24) is 0 Å². The highest BCUT2D eigenvalue weighted by atomic mass is 14.2. The highest BCUT2D eigenvalue weighted by molar-refractivity contribution is 5.64. The second-order valence-electron chi connectivity index (χ2n) is 8.23. The van der Waals surface area contributed by atoms with Crippen molar-refractivity contribution in [3.63, 3.8) is 0 Å². The molecule has 3 aromatic rings. The van der Waals surface area contributed by atoms with E-state index in [4.69, 9.17) is 0 Å². The van der Waals surface area contributed by atoms with Crippen molar-refractivity contribution in [2.24, 2.45) is 0 Å².